The topological polar surface area (TPSA) is 29.9 Å². The molecule has 0 aliphatic heterocycles. The molecule has 1 saturated carbocycles. The Morgan fingerprint density at radius 1 is 1.32 bits per heavy atom. The maximum absolute atomic E-state index is 4.57. The molecule has 1 heterocycles. The van der Waals surface area contributed by atoms with E-state index in [4.69, 9.17) is 0 Å². The van der Waals surface area contributed by atoms with Gasteiger partial charge in [0, 0.05) is 24.7 Å². The highest BCUT2D eigenvalue weighted by Crippen LogP contribution is 2.27. The van der Waals surface area contributed by atoms with Gasteiger partial charge in [0.05, 0.1) is 5.69 Å². The normalized spacial score (nSPS) is 19.3. The highest BCUT2D eigenvalue weighted by molar-refractivity contribution is 5.11. The van der Waals surface area contributed by atoms with Gasteiger partial charge in [0.1, 0.15) is 0 Å². The average Bonchev–Trinajstić information content (AvgIpc) is 2.63. The maximum Gasteiger partial charge on any atom is 0.0596 e. The van der Waals surface area contributed by atoms with Crippen molar-refractivity contribution in [2.24, 2.45) is 5.92 Å². The first kappa shape index (κ1) is 14.6. The molecule has 0 saturated heterocycles. The van der Waals surface area contributed by atoms with Crippen LogP contribution in [0.3, 0.4) is 0 Å². The third-order valence-corrected chi connectivity index (χ3v) is 4.55. The van der Waals surface area contributed by atoms with Crippen molar-refractivity contribution in [2.45, 2.75) is 71.4 Å². The van der Waals surface area contributed by atoms with Crippen LogP contribution in [0.25, 0.3) is 0 Å². The molecule has 3 nitrogen and oxygen atoms in total. The van der Waals surface area contributed by atoms with E-state index < -0.39 is 0 Å². The number of aryl methyl sites for hydroxylation is 2. The summed E-state index contributed by atoms with van der Waals surface area (Å²) in [5.74, 6) is 0.841. The van der Waals surface area contributed by atoms with Crippen LogP contribution in [0.15, 0.2) is 6.07 Å². The summed E-state index contributed by atoms with van der Waals surface area (Å²) in [6, 6.07) is 2.87. The smallest absolute Gasteiger partial charge is 0.0596 e. The van der Waals surface area contributed by atoms with Gasteiger partial charge in [-0.1, -0.05) is 25.7 Å². The zero-order valence-electron chi connectivity index (χ0n) is 12.8. The van der Waals surface area contributed by atoms with Crippen molar-refractivity contribution in [2.75, 3.05) is 7.05 Å². The van der Waals surface area contributed by atoms with Crippen molar-refractivity contribution in [1.82, 2.24) is 15.1 Å². The minimum Gasteiger partial charge on any atom is -0.316 e. The van der Waals surface area contributed by atoms with Crippen LogP contribution >= 0.6 is 0 Å². The van der Waals surface area contributed by atoms with E-state index in [1.54, 1.807) is 0 Å². The molecule has 1 aromatic heterocycles. The fraction of sp³-hybridized carbons (Fsp3) is 0.812. The Morgan fingerprint density at radius 2 is 2.00 bits per heavy atom. The minimum atomic E-state index is 0.611. The predicted octanol–water partition coefficient (Wildman–Crippen LogP) is 3.31. The van der Waals surface area contributed by atoms with Crippen LogP contribution in [-0.4, -0.2) is 22.9 Å². The summed E-state index contributed by atoms with van der Waals surface area (Å²) in [5.41, 5.74) is 2.54. The van der Waals surface area contributed by atoms with E-state index in [1.807, 2.05) is 0 Å². The number of hydrogen-bond acceptors (Lipinski definition) is 2. The van der Waals surface area contributed by atoms with Crippen LogP contribution in [0.1, 0.15) is 56.8 Å². The largest absolute Gasteiger partial charge is 0.316 e. The van der Waals surface area contributed by atoms with Crippen molar-refractivity contribution in [1.29, 1.82) is 0 Å². The van der Waals surface area contributed by atoms with Crippen LogP contribution in [0, 0.1) is 12.8 Å². The standard InChI is InChI=1S/C16H29N3/c1-4-19-15(11-13(2)18-19)12-16(17-3)14-9-7-5-6-8-10-14/h11,14,16-17H,4-10,12H2,1-3H3. The van der Waals surface area contributed by atoms with E-state index in [9.17, 15) is 0 Å². The summed E-state index contributed by atoms with van der Waals surface area (Å²) >= 11 is 0. The second kappa shape index (κ2) is 7.09. The second-order valence-electron chi connectivity index (χ2n) is 5.94. The monoisotopic (exact) mass is 263 g/mol. The molecule has 0 amide bonds. The fourth-order valence-electron chi connectivity index (χ4n) is 3.48. The van der Waals surface area contributed by atoms with Gasteiger partial charge in [-0.3, -0.25) is 4.68 Å². The van der Waals surface area contributed by atoms with Crippen LogP contribution in [0.5, 0.6) is 0 Å². The Labute approximate surface area is 117 Å². The summed E-state index contributed by atoms with van der Waals surface area (Å²) in [6.45, 7) is 5.25. The quantitative estimate of drug-likeness (QED) is 0.826. The molecule has 1 aromatic rings. The lowest BCUT2D eigenvalue weighted by Crippen LogP contribution is -2.36. The van der Waals surface area contributed by atoms with Gasteiger partial charge in [-0.15, -0.1) is 0 Å². The molecular weight excluding hydrogens is 234 g/mol. The van der Waals surface area contributed by atoms with Crippen LogP contribution in [-0.2, 0) is 13.0 Å². The van der Waals surface area contributed by atoms with E-state index in [0.29, 0.717) is 6.04 Å². The van der Waals surface area contributed by atoms with Crippen molar-refractivity contribution in [3.8, 4) is 0 Å². The molecule has 1 N–H and O–H groups in total. The molecule has 2 rings (SSSR count). The first-order valence-electron chi connectivity index (χ1n) is 7.95. The Hall–Kier alpha value is -0.830. The first-order valence-corrected chi connectivity index (χ1v) is 7.95. The summed E-state index contributed by atoms with van der Waals surface area (Å²) in [5, 5.41) is 8.14. The summed E-state index contributed by atoms with van der Waals surface area (Å²) in [6.07, 6.45) is 9.59. The van der Waals surface area contributed by atoms with Crippen LogP contribution in [0.4, 0.5) is 0 Å². The number of aromatic nitrogens is 2. The van der Waals surface area contributed by atoms with Crippen molar-refractivity contribution >= 4 is 0 Å². The van der Waals surface area contributed by atoms with Crippen LogP contribution in [0.2, 0.25) is 0 Å². The molecule has 19 heavy (non-hydrogen) atoms. The Morgan fingerprint density at radius 3 is 2.58 bits per heavy atom. The molecule has 0 spiro atoms. The Bertz CT molecular complexity index is 375. The van der Waals surface area contributed by atoms with Gasteiger partial charge in [0.25, 0.3) is 0 Å². The molecule has 3 heteroatoms. The van der Waals surface area contributed by atoms with E-state index >= 15 is 0 Å². The molecule has 1 aliphatic carbocycles. The zero-order chi connectivity index (χ0) is 13.7. The van der Waals surface area contributed by atoms with E-state index in [0.717, 1.165) is 24.6 Å². The van der Waals surface area contributed by atoms with Crippen molar-refractivity contribution in [3.05, 3.63) is 17.5 Å². The van der Waals surface area contributed by atoms with Crippen LogP contribution < -0.4 is 5.32 Å². The molecule has 0 aromatic carbocycles. The number of nitrogens with one attached hydrogen (secondary N) is 1. The summed E-state index contributed by atoms with van der Waals surface area (Å²) in [4.78, 5) is 0. The Kier molecular flexibility index (Phi) is 5.44. The fourth-order valence-corrected chi connectivity index (χ4v) is 3.48. The third-order valence-electron chi connectivity index (χ3n) is 4.55. The number of likely N-dealkylation sites (N-methyl/N-ethyl adjacent to an activating group) is 1. The summed E-state index contributed by atoms with van der Waals surface area (Å²) in [7, 11) is 2.12. The number of hydrogen-bond donors (Lipinski definition) is 1. The minimum absolute atomic E-state index is 0.611. The molecule has 1 fully saturated rings. The van der Waals surface area contributed by atoms with E-state index in [-0.39, 0.29) is 0 Å². The molecule has 1 aliphatic rings. The predicted molar refractivity (Wildman–Crippen MR) is 80.4 cm³/mol. The third kappa shape index (κ3) is 3.82. The summed E-state index contributed by atoms with van der Waals surface area (Å²) < 4.78 is 2.16. The van der Waals surface area contributed by atoms with Gasteiger partial charge in [-0.05, 0) is 45.7 Å². The molecular formula is C16H29N3. The SMILES string of the molecule is CCn1nc(C)cc1CC(NC)C1CCCCCC1. The van der Waals surface area contributed by atoms with Gasteiger partial charge in [0.15, 0.2) is 0 Å². The lowest BCUT2D eigenvalue weighted by molar-refractivity contribution is 0.327. The van der Waals surface area contributed by atoms with Gasteiger partial charge >= 0.3 is 0 Å². The lowest BCUT2D eigenvalue weighted by atomic mass is 9.89. The highest BCUT2D eigenvalue weighted by Gasteiger charge is 2.22. The molecule has 108 valence electrons. The maximum atomic E-state index is 4.57. The van der Waals surface area contributed by atoms with Gasteiger partial charge in [-0.2, -0.15) is 5.10 Å². The van der Waals surface area contributed by atoms with E-state index in [2.05, 4.69) is 42.1 Å². The molecule has 1 atom stereocenters. The van der Waals surface area contributed by atoms with Gasteiger partial charge in [-0.25, -0.2) is 0 Å². The zero-order valence-corrected chi connectivity index (χ0v) is 12.8. The molecule has 1 unspecified atom stereocenters. The highest BCUT2D eigenvalue weighted by atomic mass is 15.3. The molecule has 0 radical (unpaired) electrons. The van der Waals surface area contributed by atoms with E-state index in [1.165, 1.54) is 44.2 Å². The second-order valence-corrected chi connectivity index (χ2v) is 5.94. The molecule has 0 bridgehead atoms. The number of rotatable bonds is 5. The van der Waals surface area contributed by atoms with Gasteiger partial charge in [0.2, 0.25) is 0 Å². The first-order chi connectivity index (χ1) is 9.24. The average molecular weight is 263 g/mol. The van der Waals surface area contributed by atoms with Gasteiger partial charge < -0.3 is 5.32 Å². The van der Waals surface area contributed by atoms with Crippen molar-refractivity contribution in [3.63, 3.8) is 0 Å². The van der Waals surface area contributed by atoms with Crippen molar-refractivity contribution < 1.29 is 0 Å². The number of nitrogens with zero attached hydrogens (tertiary/aromatic N) is 2. The Balaban J connectivity index is 2.04. The lowest BCUT2D eigenvalue weighted by Gasteiger charge is -2.26.